The molecule has 1 aromatic rings. The maximum atomic E-state index is 13.2. The molecule has 0 aliphatic carbocycles. The third-order valence-electron chi connectivity index (χ3n) is 2.01. The highest BCUT2D eigenvalue weighted by atomic mass is 19.1. The van der Waals surface area contributed by atoms with Crippen molar-refractivity contribution in [2.24, 2.45) is 0 Å². The summed E-state index contributed by atoms with van der Waals surface area (Å²) in [5.41, 5.74) is 2.21. The van der Waals surface area contributed by atoms with Gasteiger partial charge < -0.3 is 0 Å². The Kier molecular flexibility index (Phi) is 2.56. The standard InChI is InChI=1S/C10H12BF/c1-6(2)8-4-7(3)9(11)5-10(8)12/h4-6H,1-3H3. The van der Waals surface area contributed by atoms with Gasteiger partial charge in [-0.15, -0.1) is 0 Å². The fourth-order valence-corrected chi connectivity index (χ4v) is 1.16. The summed E-state index contributed by atoms with van der Waals surface area (Å²) in [4.78, 5) is 0. The molecule has 0 atom stereocenters. The maximum absolute atomic E-state index is 13.2. The van der Waals surface area contributed by atoms with E-state index in [2.05, 4.69) is 0 Å². The van der Waals surface area contributed by atoms with Gasteiger partial charge in [0.05, 0.1) is 0 Å². The topological polar surface area (TPSA) is 0 Å². The second kappa shape index (κ2) is 3.30. The lowest BCUT2D eigenvalue weighted by atomic mass is 9.87. The molecule has 0 spiro atoms. The summed E-state index contributed by atoms with van der Waals surface area (Å²) < 4.78 is 13.2. The van der Waals surface area contributed by atoms with Crippen molar-refractivity contribution in [1.82, 2.24) is 0 Å². The van der Waals surface area contributed by atoms with Crippen LogP contribution in [-0.2, 0) is 0 Å². The van der Waals surface area contributed by atoms with Gasteiger partial charge in [-0.25, -0.2) is 4.39 Å². The molecule has 0 saturated heterocycles. The van der Waals surface area contributed by atoms with Crippen LogP contribution in [-0.4, -0.2) is 7.85 Å². The quantitative estimate of drug-likeness (QED) is 0.554. The second-order valence-corrected chi connectivity index (χ2v) is 3.39. The van der Waals surface area contributed by atoms with Gasteiger partial charge in [0.15, 0.2) is 0 Å². The van der Waals surface area contributed by atoms with E-state index in [9.17, 15) is 4.39 Å². The van der Waals surface area contributed by atoms with Crippen molar-refractivity contribution in [3.8, 4) is 0 Å². The zero-order valence-electron chi connectivity index (χ0n) is 7.69. The molecule has 2 heteroatoms. The third-order valence-corrected chi connectivity index (χ3v) is 2.01. The molecule has 0 saturated carbocycles. The highest BCUT2D eigenvalue weighted by Crippen LogP contribution is 2.17. The largest absolute Gasteiger partial charge is 0.207 e. The average molecular weight is 162 g/mol. The van der Waals surface area contributed by atoms with Crippen LogP contribution in [0.25, 0.3) is 0 Å². The Morgan fingerprint density at radius 2 is 1.92 bits per heavy atom. The van der Waals surface area contributed by atoms with E-state index in [1.165, 1.54) is 6.07 Å². The molecule has 0 nitrogen and oxygen atoms in total. The maximum Gasteiger partial charge on any atom is 0.126 e. The van der Waals surface area contributed by atoms with E-state index < -0.39 is 0 Å². The van der Waals surface area contributed by atoms with Crippen LogP contribution in [0.5, 0.6) is 0 Å². The summed E-state index contributed by atoms with van der Waals surface area (Å²) in [5, 5.41) is 0. The van der Waals surface area contributed by atoms with Crippen LogP contribution < -0.4 is 5.46 Å². The number of aryl methyl sites for hydroxylation is 1. The van der Waals surface area contributed by atoms with Crippen LogP contribution in [0.15, 0.2) is 12.1 Å². The Bertz CT molecular complexity index is 292. The predicted molar refractivity (Wildman–Crippen MR) is 50.6 cm³/mol. The van der Waals surface area contributed by atoms with E-state index >= 15 is 0 Å². The number of rotatable bonds is 1. The highest BCUT2D eigenvalue weighted by Gasteiger charge is 2.07. The normalized spacial score (nSPS) is 10.8. The minimum absolute atomic E-state index is 0.201. The van der Waals surface area contributed by atoms with Gasteiger partial charge in [-0.1, -0.05) is 30.9 Å². The Morgan fingerprint density at radius 1 is 1.33 bits per heavy atom. The molecule has 62 valence electrons. The van der Waals surface area contributed by atoms with E-state index in [0.29, 0.717) is 5.46 Å². The molecule has 2 radical (unpaired) electrons. The van der Waals surface area contributed by atoms with E-state index in [1.54, 1.807) is 0 Å². The van der Waals surface area contributed by atoms with Gasteiger partial charge in [0, 0.05) is 0 Å². The Balaban J connectivity index is 3.23. The van der Waals surface area contributed by atoms with Gasteiger partial charge in [0.25, 0.3) is 0 Å². The fourth-order valence-electron chi connectivity index (χ4n) is 1.16. The fraction of sp³-hybridized carbons (Fsp3) is 0.400. The lowest BCUT2D eigenvalue weighted by Gasteiger charge is -2.10. The van der Waals surface area contributed by atoms with E-state index in [4.69, 9.17) is 7.85 Å². The van der Waals surface area contributed by atoms with Gasteiger partial charge in [-0.05, 0) is 24.5 Å². The van der Waals surface area contributed by atoms with Crippen molar-refractivity contribution in [2.75, 3.05) is 0 Å². The summed E-state index contributed by atoms with van der Waals surface area (Å²) in [6.45, 7) is 5.82. The molecule has 0 unspecified atom stereocenters. The molecular formula is C10H12BF. The summed E-state index contributed by atoms with van der Waals surface area (Å²) in [6.07, 6.45) is 0. The Labute approximate surface area is 74.2 Å². The smallest absolute Gasteiger partial charge is 0.126 e. The molecule has 0 heterocycles. The van der Waals surface area contributed by atoms with Crippen LogP contribution in [0.3, 0.4) is 0 Å². The van der Waals surface area contributed by atoms with E-state index in [1.807, 2.05) is 26.8 Å². The van der Waals surface area contributed by atoms with Crippen molar-refractivity contribution < 1.29 is 4.39 Å². The summed E-state index contributed by atoms with van der Waals surface area (Å²) in [6, 6.07) is 3.21. The Morgan fingerprint density at radius 3 is 2.42 bits per heavy atom. The summed E-state index contributed by atoms with van der Waals surface area (Å²) in [7, 11) is 5.55. The van der Waals surface area contributed by atoms with Gasteiger partial charge >= 0.3 is 0 Å². The zero-order chi connectivity index (χ0) is 9.30. The molecule has 0 amide bonds. The van der Waals surface area contributed by atoms with E-state index in [0.717, 1.165) is 11.1 Å². The minimum Gasteiger partial charge on any atom is -0.207 e. The van der Waals surface area contributed by atoms with Crippen LogP contribution in [0.4, 0.5) is 4.39 Å². The molecule has 0 aliphatic rings. The predicted octanol–water partition coefficient (Wildman–Crippen LogP) is 2.05. The van der Waals surface area contributed by atoms with Crippen LogP contribution in [0, 0.1) is 12.7 Å². The van der Waals surface area contributed by atoms with Crippen LogP contribution in [0.1, 0.15) is 30.9 Å². The summed E-state index contributed by atoms with van der Waals surface area (Å²) >= 11 is 0. The van der Waals surface area contributed by atoms with Crippen molar-refractivity contribution in [2.45, 2.75) is 26.7 Å². The first kappa shape index (κ1) is 9.30. The van der Waals surface area contributed by atoms with Gasteiger partial charge in [-0.3, -0.25) is 0 Å². The van der Waals surface area contributed by atoms with Gasteiger partial charge in [0.1, 0.15) is 13.7 Å². The first-order valence-electron chi connectivity index (χ1n) is 4.08. The van der Waals surface area contributed by atoms with Crippen molar-refractivity contribution in [1.29, 1.82) is 0 Å². The monoisotopic (exact) mass is 162 g/mol. The summed E-state index contributed by atoms with van der Waals surface area (Å²) in [5.74, 6) is 0.0115. The second-order valence-electron chi connectivity index (χ2n) is 3.39. The van der Waals surface area contributed by atoms with Crippen molar-refractivity contribution >= 4 is 13.3 Å². The molecule has 12 heavy (non-hydrogen) atoms. The molecule has 0 aliphatic heterocycles. The number of hydrogen-bond donors (Lipinski definition) is 0. The van der Waals surface area contributed by atoms with Gasteiger partial charge in [0.2, 0.25) is 0 Å². The number of halogens is 1. The average Bonchev–Trinajstić information content (AvgIpc) is 1.96. The zero-order valence-corrected chi connectivity index (χ0v) is 7.69. The van der Waals surface area contributed by atoms with Crippen molar-refractivity contribution in [3.63, 3.8) is 0 Å². The third kappa shape index (κ3) is 1.68. The molecule has 0 bridgehead atoms. The lowest BCUT2D eigenvalue weighted by molar-refractivity contribution is 0.599. The van der Waals surface area contributed by atoms with Crippen LogP contribution >= 0.6 is 0 Å². The van der Waals surface area contributed by atoms with Gasteiger partial charge in [-0.2, -0.15) is 0 Å². The first-order chi connectivity index (χ1) is 5.52. The number of hydrogen-bond acceptors (Lipinski definition) is 0. The molecule has 0 fully saturated rings. The number of benzene rings is 1. The highest BCUT2D eigenvalue weighted by molar-refractivity contribution is 6.33. The molecule has 1 aromatic carbocycles. The van der Waals surface area contributed by atoms with Crippen molar-refractivity contribution in [3.05, 3.63) is 29.1 Å². The molecular weight excluding hydrogens is 150 g/mol. The molecule has 1 rings (SSSR count). The molecule has 0 N–H and O–H groups in total. The molecule has 0 aromatic heterocycles. The SMILES string of the molecule is [B]c1cc(F)c(C(C)C)cc1C. The Hall–Kier alpha value is -0.785. The van der Waals surface area contributed by atoms with Crippen LogP contribution in [0.2, 0.25) is 0 Å². The van der Waals surface area contributed by atoms with E-state index in [-0.39, 0.29) is 11.7 Å². The first-order valence-corrected chi connectivity index (χ1v) is 4.08. The minimum atomic E-state index is -0.201. The lowest BCUT2D eigenvalue weighted by Crippen LogP contribution is -2.10.